The molecule has 3 heterocycles. The van der Waals surface area contributed by atoms with E-state index in [0.717, 1.165) is 5.13 Å². The summed E-state index contributed by atoms with van der Waals surface area (Å²) >= 11 is 1.43. The molecule has 7 heteroatoms. The van der Waals surface area contributed by atoms with E-state index in [4.69, 9.17) is 9.47 Å². The predicted molar refractivity (Wildman–Crippen MR) is 86.1 cm³/mol. The van der Waals surface area contributed by atoms with Gasteiger partial charge in [-0.3, -0.25) is 9.59 Å². The Hall–Kier alpha value is -1.89. The van der Waals surface area contributed by atoms with E-state index < -0.39 is 28.6 Å². The molecule has 1 aromatic heterocycles. The third kappa shape index (κ3) is 2.52. The Morgan fingerprint density at radius 3 is 2.61 bits per heavy atom. The Bertz CT molecular complexity index is 683. The highest BCUT2D eigenvalue weighted by Gasteiger charge is 2.67. The average Bonchev–Trinajstić information content (AvgIpc) is 3.06. The summed E-state index contributed by atoms with van der Waals surface area (Å²) in [6.07, 6.45) is 2.33. The summed E-state index contributed by atoms with van der Waals surface area (Å²) in [5.74, 6) is -0.999. The summed E-state index contributed by atoms with van der Waals surface area (Å²) in [7, 11) is 0. The number of hydrogen-bond donors (Lipinski definition) is 1. The molecule has 1 spiro atoms. The van der Waals surface area contributed by atoms with Gasteiger partial charge in [-0.2, -0.15) is 0 Å². The molecule has 2 fully saturated rings. The molecule has 0 bridgehead atoms. The number of thiazole rings is 1. The van der Waals surface area contributed by atoms with Crippen molar-refractivity contribution in [2.24, 2.45) is 5.41 Å². The summed E-state index contributed by atoms with van der Waals surface area (Å²) in [5, 5.41) is 5.69. The Morgan fingerprint density at radius 1 is 1.30 bits per heavy atom. The molecule has 6 nitrogen and oxygen atoms in total. The van der Waals surface area contributed by atoms with Crippen LogP contribution in [0.5, 0.6) is 0 Å². The van der Waals surface area contributed by atoms with Gasteiger partial charge in [0.05, 0.1) is 5.69 Å². The maximum Gasteiger partial charge on any atom is 0.324 e. The van der Waals surface area contributed by atoms with E-state index in [2.05, 4.69) is 16.9 Å². The van der Waals surface area contributed by atoms with Crippen molar-refractivity contribution < 1.29 is 19.1 Å². The van der Waals surface area contributed by atoms with Crippen LogP contribution in [0.2, 0.25) is 0 Å². The average molecular weight is 336 g/mol. The zero-order chi connectivity index (χ0) is 16.9. The van der Waals surface area contributed by atoms with E-state index in [1.807, 2.05) is 19.2 Å². The van der Waals surface area contributed by atoms with Crippen LogP contribution in [-0.2, 0) is 24.7 Å². The molecular formula is C16H20N2O4S. The zero-order valence-corrected chi connectivity index (χ0v) is 14.3. The van der Waals surface area contributed by atoms with Crippen LogP contribution in [0, 0.1) is 5.41 Å². The van der Waals surface area contributed by atoms with Gasteiger partial charge >= 0.3 is 11.9 Å². The van der Waals surface area contributed by atoms with E-state index >= 15 is 0 Å². The fraction of sp³-hybridized carbons (Fsp3) is 0.562. The lowest BCUT2D eigenvalue weighted by atomic mass is 9.75. The van der Waals surface area contributed by atoms with E-state index in [-0.39, 0.29) is 6.42 Å². The number of nitrogens with zero attached hydrogens (tertiary/aromatic N) is 1. The molecule has 124 valence electrons. The van der Waals surface area contributed by atoms with Gasteiger partial charge in [0.2, 0.25) is 0 Å². The molecule has 0 amide bonds. The zero-order valence-electron chi connectivity index (χ0n) is 13.5. The summed E-state index contributed by atoms with van der Waals surface area (Å²) in [6.45, 7) is 9.67. The number of ether oxygens (including phenoxy) is 2. The van der Waals surface area contributed by atoms with Crippen LogP contribution in [0.1, 0.15) is 39.3 Å². The molecule has 0 unspecified atom stereocenters. The molecule has 0 aliphatic carbocycles. The molecular weight excluding hydrogens is 316 g/mol. The number of cyclic esters (lactones) is 2. The first-order valence-electron chi connectivity index (χ1n) is 7.48. The topological polar surface area (TPSA) is 77.5 Å². The van der Waals surface area contributed by atoms with Crippen LogP contribution in [0.3, 0.4) is 0 Å². The van der Waals surface area contributed by atoms with Gasteiger partial charge in [0, 0.05) is 24.8 Å². The van der Waals surface area contributed by atoms with Crippen molar-refractivity contribution in [1.29, 1.82) is 0 Å². The van der Waals surface area contributed by atoms with Crippen LogP contribution in [0.25, 0.3) is 0 Å². The summed E-state index contributed by atoms with van der Waals surface area (Å²) in [6, 6.07) is 0. The first-order chi connectivity index (χ1) is 10.7. The van der Waals surface area contributed by atoms with Gasteiger partial charge in [0.25, 0.3) is 0 Å². The standard InChI is InChI=1S/C16H20N2O4S/c1-5-6-17-13-18-10(7-23-13)15(4)9-16(12(20)22-15)8-14(2,3)21-11(16)19/h5,7H,1,6,8-9H2,2-4H3,(H,17,18)/t15-,16+/m0/s1. The van der Waals surface area contributed by atoms with E-state index in [1.165, 1.54) is 11.3 Å². The molecule has 2 saturated heterocycles. The molecule has 0 saturated carbocycles. The lowest BCUT2D eigenvalue weighted by Gasteiger charge is -2.20. The molecule has 1 aromatic rings. The number of hydrogen-bond acceptors (Lipinski definition) is 7. The molecule has 2 atom stereocenters. The molecule has 2 aliphatic heterocycles. The predicted octanol–water partition coefficient (Wildman–Crippen LogP) is 2.62. The highest BCUT2D eigenvalue weighted by atomic mass is 32.1. The van der Waals surface area contributed by atoms with Crippen molar-refractivity contribution >= 4 is 28.4 Å². The molecule has 0 radical (unpaired) electrons. The molecule has 1 N–H and O–H groups in total. The number of rotatable bonds is 4. The smallest absolute Gasteiger partial charge is 0.324 e. The SMILES string of the molecule is C=CCNc1nc([C@]2(C)C[C@@]3(CC(C)(C)OC3=O)C(=O)O2)cs1. The highest BCUT2D eigenvalue weighted by Crippen LogP contribution is 2.54. The van der Waals surface area contributed by atoms with Crippen LogP contribution < -0.4 is 5.32 Å². The Morgan fingerprint density at radius 2 is 2.00 bits per heavy atom. The Kier molecular flexibility index (Phi) is 3.51. The Balaban J connectivity index is 1.87. The first-order valence-corrected chi connectivity index (χ1v) is 8.36. The number of carbonyl (C=O) groups is 2. The maximum atomic E-state index is 12.5. The van der Waals surface area contributed by atoms with E-state index in [0.29, 0.717) is 18.7 Å². The van der Waals surface area contributed by atoms with Crippen LogP contribution in [0.4, 0.5) is 5.13 Å². The third-order valence-corrected chi connectivity index (χ3v) is 5.08. The first kappa shape index (κ1) is 16.0. The fourth-order valence-electron chi connectivity index (χ4n) is 3.36. The van der Waals surface area contributed by atoms with Gasteiger partial charge in [0.15, 0.2) is 16.1 Å². The number of nitrogens with one attached hydrogen (secondary N) is 1. The second-order valence-electron chi connectivity index (χ2n) is 6.91. The largest absolute Gasteiger partial charge is 0.459 e. The van der Waals surface area contributed by atoms with Gasteiger partial charge in [0.1, 0.15) is 5.60 Å². The van der Waals surface area contributed by atoms with Crippen LogP contribution >= 0.6 is 11.3 Å². The van der Waals surface area contributed by atoms with Gasteiger partial charge in [-0.05, 0) is 20.8 Å². The van der Waals surface area contributed by atoms with E-state index in [9.17, 15) is 9.59 Å². The molecule has 2 aliphatic rings. The monoisotopic (exact) mass is 336 g/mol. The lowest BCUT2D eigenvalue weighted by molar-refractivity contribution is -0.161. The molecule has 3 rings (SSSR count). The Labute approximate surface area is 138 Å². The summed E-state index contributed by atoms with van der Waals surface area (Å²) in [5.41, 5.74) is -2.13. The van der Waals surface area contributed by atoms with Crippen molar-refractivity contribution in [3.63, 3.8) is 0 Å². The van der Waals surface area contributed by atoms with E-state index in [1.54, 1.807) is 13.0 Å². The minimum atomic E-state index is -1.21. The van der Waals surface area contributed by atoms with Crippen LogP contribution in [0.15, 0.2) is 18.0 Å². The number of esters is 2. The minimum absolute atomic E-state index is 0.256. The third-order valence-electron chi connectivity index (χ3n) is 4.28. The minimum Gasteiger partial charge on any atom is -0.459 e. The van der Waals surface area contributed by atoms with Gasteiger partial charge in [-0.1, -0.05) is 6.08 Å². The van der Waals surface area contributed by atoms with Gasteiger partial charge in [-0.25, -0.2) is 4.98 Å². The normalized spacial score (nSPS) is 32.0. The fourth-order valence-corrected chi connectivity index (χ4v) is 4.20. The van der Waals surface area contributed by atoms with Crippen molar-refractivity contribution in [2.75, 3.05) is 11.9 Å². The lowest BCUT2D eigenvalue weighted by Crippen LogP contribution is -2.32. The quantitative estimate of drug-likeness (QED) is 0.517. The highest BCUT2D eigenvalue weighted by molar-refractivity contribution is 7.13. The summed E-state index contributed by atoms with van der Waals surface area (Å²) < 4.78 is 11.0. The van der Waals surface area contributed by atoms with Crippen molar-refractivity contribution in [1.82, 2.24) is 4.98 Å². The number of carbonyl (C=O) groups excluding carboxylic acids is 2. The maximum absolute atomic E-state index is 12.5. The second-order valence-corrected chi connectivity index (χ2v) is 7.77. The van der Waals surface area contributed by atoms with Crippen LogP contribution in [-0.4, -0.2) is 29.1 Å². The van der Waals surface area contributed by atoms with Crippen molar-refractivity contribution in [2.45, 2.75) is 44.8 Å². The van der Waals surface area contributed by atoms with Gasteiger partial charge in [-0.15, -0.1) is 17.9 Å². The number of anilines is 1. The van der Waals surface area contributed by atoms with Crippen molar-refractivity contribution in [3.8, 4) is 0 Å². The number of aromatic nitrogens is 1. The summed E-state index contributed by atoms with van der Waals surface area (Å²) in [4.78, 5) is 29.3. The molecule has 23 heavy (non-hydrogen) atoms. The second kappa shape index (κ2) is 5.06. The van der Waals surface area contributed by atoms with Gasteiger partial charge < -0.3 is 14.8 Å². The molecule has 0 aromatic carbocycles. The van der Waals surface area contributed by atoms with Crippen molar-refractivity contribution in [3.05, 3.63) is 23.7 Å².